The zero-order valence-corrected chi connectivity index (χ0v) is 12.5. The monoisotopic (exact) mass is 319 g/mol. The summed E-state index contributed by atoms with van der Waals surface area (Å²) >= 11 is 0. The lowest BCUT2D eigenvalue weighted by Gasteiger charge is -2.24. The van der Waals surface area contributed by atoms with Crippen molar-refractivity contribution in [1.82, 2.24) is 10.3 Å². The zero-order valence-electron chi connectivity index (χ0n) is 10.9. The molecule has 1 fully saturated rings. The number of carboxylic acid groups (broad SMARTS) is 1. The fourth-order valence-electron chi connectivity index (χ4n) is 1.94. The van der Waals surface area contributed by atoms with Gasteiger partial charge in [-0.3, -0.25) is 0 Å². The highest BCUT2D eigenvalue weighted by Gasteiger charge is 2.12. The van der Waals surface area contributed by atoms with Crippen LogP contribution in [-0.2, 0) is 4.79 Å². The number of pyridine rings is 1. The third-order valence-corrected chi connectivity index (χ3v) is 2.85. The number of carboxylic acids is 1. The second-order valence-corrected chi connectivity index (χ2v) is 4.34. The van der Waals surface area contributed by atoms with Crippen molar-refractivity contribution in [3.05, 3.63) is 30.0 Å². The molecule has 1 aromatic heterocycles. The van der Waals surface area contributed by atoms with Crippen LogP contribution in [0, 0.1) is 0 Å². The molecule has 0 unspecified atom stereocenters. The van der Waals surface area contributed by atoms with E-state index in [1.807, 2.05) is 12.1 Å². The first-order valence-corrected chi connectivity index (χ1v) is 6.08. The van der Waals surface area contributed by atoms with Gasteiger partial charge in [-0.2, -0.15) is 0 Å². The smallest absolute Gasteiger partial charge is 0.328 e. The van der Waals surface area contributed by atoms with Crippen LogP contribution in [0.1, 0.15) is 18.4 Å². The lowest BCUT2D eigenvalue weighted by Crippen LogP contribution is -2.38. The standard InChI is InChI=1S/C13H17N3O2.2ClH/c17-13(18)6-4-10-3-5-12(15-8-10)16-11-2-1-7-14-9-11;;/h3-6,8,11,14H,1-2,7,9H2,(H,15,16)(H,17,18);2*1H/b6-4+;;/t11-;;/m1../s1. The number of aliphatic carboxylic acids is 1. The van der Waals surface area contributed by atoms with Crippen molar-refractivity contribution >= 4 is 42.7 Å². The van der Waals surface area contributed by atoms with Gasteiger partial charge in [0.25, 0.3) is 0 Å². The molecule has 3 N–H and O–H groups in total. The predicted molar refractivity (Wildman–Crippen MR) is 84.9 cm³/mol. The van der Waals surface area contributed by atoms with Crippen molar-refractivity contribution in [1.29, 1.82) is 0 Å². The molecule has 112 valence electrons. The minimum Gasteiger partial charge on any atom is -0.478 e. The molecule has 5 nitrogen and oxygen atoms in total. The average Bonchev–Trinajstić information content (AvgIpc) is 2.39. The van der Waals surface area contributed by atoms with Crippen LogP contribution in [0.2, 0.25) is 0 Å². The molecule has 1 aliphatic heterocycles. The third-order valence-electron chi connectivity index (χ3n) is 2.85. The first-order chi connectivity index (χ1) is 8.74. The summed E-state index contributed by atoms with van der Waals surface area (Å²) in [6.07, 6.45) is 6.63. The summed E-state index contributed by atoms with van der Waals surface area (Å²) in [5.74, 6) is -0.123. The zero-order chi connectivity index (χ0) is 12.8. The van der Waals surface area contributed by atoms with Crippen molar-refractivity contribution in [3.8, 4) is 0 Å². The Morgan fingerprint density at radius 3 is 2.80 bits per heavy atom. The molecule has 7 heteroatoms. The van der Waals surface area contributed by atoms with Crippen LogP contribution in [0.25, 0.3) is 6.08 Å². The topological polar surface area (TPSA) is 74.2 Å². The van der Waals surface area contributed by atoms with Gasteiger partial charge in [0.1, 0.15) is 5.82 Å². The fourth-order valence-corrected chi connectivity index (χ4v) is 1.94. The van der Waals surface area contributed by atoms with Crippen LogP contribution in [0.15, 0.2) is 24.4 Å². The number of piperidine rings is 1. The lowest BCUT2D eigenvalue weighted by atomic mass is 10.1. The van der Waals surface area contributed by atoms with Crippen LogP contribution in [-0.4, -0.2) is 35.2 Å². The Morgan fingerprint density at radius 2 is 2.25 bits per heavy atom. The number of aromatic nitrogens is 1. The molecular formula is C13H19Cl2N3O2. The Balaban J connectivity index is 0.00000180. The maximum atomic E-state index is 10.4. The van der Waals surface area contributed by atoms with Gasteiger partial charge in [0.2, 0.25) is 0 Å². The van der Waals surface area contributed by atoms with Crippen LogP contribution < -0.4 is 10.6 Å². The van der Waals surface area contributed by atoms with Crippen LogP contribution >= 0.6 is 24.8 Å². The van der Waals surface area contributed by atoms with Gasteiger partial charge in [0.05, 0.1) is 0 Å². The van der Waals surface area contributed by atoms with E-state index in [0.717, 1.165) is 37.0 Å². The van der Waals surface area contributed by atoms with E-state index in [1.54, 1.807) is 6.20 Å². The number of hydrogen-bond donors (Lipinski definition) is 3. The quantitative estimate of drug-likeness (QED) is 0.742. The molecule has 0 aliphatic carbocycles. The molecule has 0 spiro atoms. The first-order valence-electron chi connectivity index (χ1n) is 6.08. The maximum Gasteiger partial charge on any atom is 0.328 e. The molecular weight excluding hydrogens is 301 g/mol. The van der Waals surface area contributed by atoms with E-state index in [9.17, 15) is 4.79 Å². The molecule has 0 radical (unpaired) electrons. The van der Waals surface area contributed by atoms with E-state index in [4.69, 9.17) is 5.11 Å². The average molecular weight is 320 g/mol. The second kappa shape index (κ2) is 9.58. The van der Waals surface area contributed by atoms with Gasteiger partial charge in [0, 0.05) is 24.9 Å². The molecule has 2 heterocycles. The molecule has 0 saturated carbocycles. The number of anilines is 1. The minimum atomic E-state index is -0.953. The molecule has 1 atom stereocenters. The first kappa shape index (κ1) is 18.7. The van der Waals surface area contributed by atoms with E-state index >= 15 is 0 Å². The summed E-state index contributed by atoms with van der Waals surface area (Å²) in [5, 5.41) is 15.2. The summed E-state index contributed by atoms with van der Waals surface area (Å²) in [7, 11) is 0. The van der Waals surface area contributed by atoms with Gasteiger partial charge in [-0.15, -0.1) is 24.8 Å². The molecule has 1 aromatic rings. The van der Waals surface area contributed by atoms with E-state index in [-0.39, 0.29) is 24.8 Å². The molecule has 1 saturated heterocycles. The Morgan fingerprint density at radius 1 is 1.45 bits per heavy atom. The van der Waals surface area contributed by atoms with Crippen LogP contribution in [0.3, 0.4) is 0 Å². The highest BCUT2D eigenvalue weighted by Crippen LogP contribution is 2.11. The normalized spacial score (nSPS) is 17.9. The van der Waals surface area contributed by atoms with Crippen molar-refractivity contribution < 1.29 is 9.90 Å². The van der Waals surface area contributed by atoms with Gasteiger partial charge < -0.3 is 15.7 Å². The number of nitrogens with one attached hydrogen (secondary N) is 2. The predicted octanol–water partition coefficient (Wildman–Crippen LogP) is 2.19. The second-order valence-electron chi connectivity index (χ2n) is 4.34. The SMILES string of the molecule is Cl.Cl.O=C(O)/C=C/c1ccc(N[C@@H]2CCCNC2)nc1. The lowest BCUT2D eigenvalue weighted by molar-refractivity contribution is -0.131. The molecule has 20 heavy (non-hydrogen) atoms. The Hall–Kier alpha value is -1.30. The van der Waals surface area contributed by atoms with Gasteiger partial charge >= 0.3 is 5.97 Å². The van der Waals surface area contributed by atoms with Crippen molar-refractivity contribution in [2.24, 2.45) is 0 Å². The molecule has 1 aliphatic rings. The Bertz CT molecular complexity index is 432. The molecule has 0 aromatic carbocycles. The third kappa shape index (κ3) is 6.23. The largest absolute Gasteiger partial charge is 0.478 e. The molecule has 2 rings (SSSR count). The fraction of sp³-hybridized carbons (Fsp3) is 0.385. The number of carbonyl (C=O) groups is 1. The minimum absolute atomic E-state index is 0. The van der Waals surface area contributed by atoms with Gasteiger partial charge in [0.15, 0.2) is 0 Å². The van der Waals surface area contributed by atoms with Crippen molar-refractivity contribution in [2.45, 2.75) is 18.9 Å². The number of nitrogens with zero attached hydrogens (tertiary/aromatic N) is 1. The summed E-state index contributed by atoms with van der Waals surface area (Å²) in [5.41, 5.74) is 0.782. The summed E-state index contributed by atoms with van der Waals surface area (Å²) in [6.45, 7) is 2.05. The Kier molecular flexibility index (Phi) is 8.96. The number of rotatable bonds is 4. The van der Waals surface area contributed by atoms with E-state index in [1.165, 1.54) is 12.5 Å². The van der Waals surface area contributed by atoms with Crippen LogP contribution in [0.4, 0.5) is 5.82 Å². The number of halogens is 2. The van der Waals surface area contributed by atoms with E-state index in [2.05, 4.69) is 15.6 Å². The molecule has 0 bridgehead atoms. The maximum absolute atomic E-state index is 10.4. The summed E-state index contributed by atoms with van der Waals surface area (Å²) < 4.78 is 0. The summed E-state index contributed by atoms with van der Waals surface area (Å²) in [6, 6.07) is 4.15. The molecule has 0 amide bonds. The van der Waals surface area contributed by atoms with Gasteiger partial charge in [-0.1, -0.05) is 0 Å². The highest BCUT2D eigenvalue weighted by atomic mass is 35.5. The highest BCUT2D eigenvalue weighted by molar-refractivity contribution is 5.86. The van der Waals surface area contributed by atoms with Crippen LogP contribution in [0.5, 0.6) is 0 Å². The van der Waals surface area contributed by atoms with Crippen molar-refractivity contribution in [2.75, 3.05) is 18.4 Å². The Labute approximate surface area is 130 Å². The van der Waals surface area contributed by atoms with Crippen molar-refractivity contribution in [3.63, 3.8) is 0 Å². The van der Waals surface area contributed by atoms with Gasteiger partial charge in [-0.05, 0) is 43.2 Å². The van der Waals surface area contributed by atoms with E-state index in [0.29, 0.717) is 6.04 Å². The van der Waals surface area contributed by atoms with E-state index < -0.39 is 5.97 Å². The van der Waals surface area contributed by atoms with Gasteiger partial charge in [-0.25, -0.2) is 9.78 Å². The summed E-state index contributed by atoms with van der Waals surface area (Å²) in [4.78, 5) is 14.6. The number of hydrogen-bond acceptors (Lipinski definition) is 4.